The molecule has 0 heterocycles. The minimum atomic E-state index is 0.810. The molecule has 1 heteroatoms. The molecule has 1 N–H and O–H groups in total. The fraction of sp³-hybridized carbons (Fsp3) is 0. The molecule has 0 aromatic heterocycles. The van der Waals surface area contributed by atoms with Crippen LogP contribution in [0.15, 0.2) is 128 Å². The molecule has 0 bridgehead atoms. The van der Waals surface area contributed by atoms with E-state index in [4.69, 9.17) is 0 Å². The first-order valence-corrected chi connectivity index (χ1v) is 8.08. The predicted molar refractivity (Wildman–Crippen MR) is 111 cm³/mol. The van der Waals surface area contributed by atoms with Crippen molar-refractivity contribution in [1.29, 1.82) is 0 Å². The molecule has 2 aromatic carbocycles. The number of anilines is 1. The van der Waals surface area contributed by atoms with E-state index < -0.39 is 0 Å². The molecule has 0 unspecified atom stereocenters. The van der Waals surface area contributed by atoms with Crippen LogP contribution in [0.5, 0.6) is 0 Å². The van der Waals surface area contributed by atoms with Gasteiger partial charge in [0.1, 0.15) is 0 Å². The minimum Gasteiger partial charge on any atom is -0.355 e. The second-order valence-corrected chi connectivity index (χ2v) is 5.48. The van der Waals surface area contributed by atoms with Crippen molar-refractivity contribution in [3.63, 3.8) is 0 Å². The van der Waals surface area contributed by atoms with E-state index >= 15 is 0 Å². The summed E-state index contributed by atoms with van der Waals surface area (Å²) in [5, 5.41) is 3.39. The third kappa shape index (κ3) is 5.08. The number of hydrogen-bond donors (Lipinski definition) is 1. The number of hydrogen-bond acceptors (Lipinski definition) is 1. The van der Waals surface area contributed by atoms with Crippen LogP contribution in [0.1, 0.15) is 0 Å². The van der Waals surface area contributed by atoms with Gasteiger partial charge in [0, 0.05) is 11.4 Å². The molecule has 25 heavy (non-hydrogen) atoms. The van der Waals surface area contributed by atoms with Crippen LogP contribution in [-0.4, -0.2) is 0 Å². The molecule has 0 atom stereocenters. The molecule has 0 aliphatic rings. The molecule has 0 radical (unpaired) electrons. The zero-order valence-electron chi connectivity index (χ0n) is 14.4. The maximum absolute atomic E-state index is 4.12. The highest BCUT2D eigenvalue weighted by Gasteiger charge is 2.05. The maximum atomic E-state index is 4.12. The van der Waals surface area contributed by atoms with Crippen LogP contribution in [0.3, 0.4) is 0 Å². The van der Waals surface area contributed by atoms with Crippen LogP contribution in [0.25, 0.3) is 11.1 Å². The summed E-state index contributed by atoms with van der Waals surface area (Å²) < 4.78 is 0. The first-order valence-electron chi connectivity index (χ1n) is 8.08. The van der Waals surface area contributed by atoms with Gasteiger partial charge in [-0.3, -0.25) is 0 Å². The summed E-state index contributed by atoms with van der Waals surface area (Å²) in [5.41, 5.74) is 5.85. The SMILES string of the molecule is C=C/C=C\C(=C)C(=C)/C(=C\C=C)Nc1ccc(-c2ccccc2)cc1. The standard InChI is InChI=1S/C24H23N/c1-5-7-12-19(3)20(4)24(11-6-2)25-23-17-15-22(16-18-23)21-13-9-8-10-14-21/h5-18,25H,1-4H2/b12-7-,24-11+. The van der Waals surface area contributed by atoms with Crippen molar-refractivity contribution in [3.05, 3.63) is 128 Å². The van der Waals surface area contributed by atoms with Gasteiger partial charge in [-0.15, -0.1) is 0 Å². The van der Waals surface area contributed by atoms with Crippen LogP contribution in [0.4, 0.5) is 5.69 Å². The largest absolute Gasteiger partial charge is 0.355 e. The van der Waals surface area contributed by atoms with Crippen LogP contribution in [0.2, 0.25) is 0 Å². The Morgan fingerprint density at radius 3 is 2.04 bits per heavy atom. The molecule has 0 spiro atoms. The first kappa shape index (κ1) is 18.0. The first-order chi connectivity index (χ1) is 12.2. The normalized spacial score (nSPS) is 11.1. The van der Waals surface area contributed by atoms with Crippen molar-refractivity contribution in [3.8, 4) is 11.1 Å². The molecule has 2 rings (SSSR count). The molecular formula is C24H23N. The Kier molecular flexibility index (Phi) is 6.56. The molecule has 0 saturated heterocycles. The monoisotopic (exact) mass is 325 g/mol. The minimum absolute atomic E-state index is 0.810. The van der Waals surface area contributed by atoms with Crippen molar-refractivity contribution in [2.45, 2.75) is 0 Å². The van der Waals surface area contributed by atoms with Crippen LogP contribution < -0.4 is 5.32 Å². The lowest BCUT2D eigenvalue weighted by atomic mass is 10.0. The molecule has 0 aliphatic heterocycles. The van der Waals surface area contributed by atoms with Gasteiger partial charge in [-0.1, -0.05) is 93.1 Å². The summed E-state index contributed by atoms with van der Waals surface area (Å²) in [4.78, 5) is 0. The Balaban J connectivity index is 2.17. The molecular weight excluding hydrogens is 302 g/mol. The van der Waals surface area contributed by atoms with Crippen LogP contribution in [0, 0.1) is 0 Å². The number of allylic oxidation sites excluding steroid dienone is 6. The van der Waals surface area contributed by atoms with Gasteiger partial charge in [0.25, 0.3) is 0 Å². The van der Waals surface area contributed by atoms with Crippen molar-refractivity contribution < 1.29 is 0 Å². The van der Waals surface area contributed by atoms with Gasteiger partial charge in [-0.25, -0.2) is 0 Å². The fourth-order valence-electron chi connectivity index (χ4n) is 2.33. The van der Waals surface area contributed by atoms with E-state index in [1.165, 1.54) is 11.1 Å². The van der Waals surface area contributed by atoms with Gasteiger partial charge in [0.2, 0.25) is 0 Å². The van der Waals surface area contributed by atoms with Gasteiger partial charge in [-0.2, -0.15) is 0 Å². The smallest absolute Gasteiger partial charge is 0.0457 e. The molecule has 2 aromatic rings. The molecule has 0 saturated carbocycles. The summed E-state index contributed by atoms with van der Waals surface area (Å²) in [6.07, 6.45) is 9.06. The lowest BCUT2D eigenvalue weighted by Gasteiger charge is -2.14. The van der Waals surface area contributed by atoms with Gasteiger partial charge in [0.15, 0.2) is 0 Å². The van der Waals surface area contributed by atoms with E-state index in [-0.39, 0.29) is 0 Å². The number of rotatable bonds is 8. The Morgan fingerprint density at radius 1 is 0.800 bits per heavy atom. The van der Waals surface area contributed by atoms with Crippen molar-refractivity contribution in [1.82, 2.24) is 0 Å². The quantitative estimate of drug-likeness (QED) is 0.533. The van der Waals surface area contributed by atoms with Crippen molar-refractivity contribution >= 4 is 5.69 Å². The molecule has 0 aliphatic carbocycles. The molecule has 1 nitrogen and oxygen atoms in total. The zero-order chi connectivity index (χ0) is 18.1. The highest BCUT2D eigenvalue weighted by molar-refractivity contribution is 5.67. The summed E-state index contributed by atoms with van der Waals surface area (Å²) >= 11 is 0. The summed E-state index contributed by atoms with van der Waals surface area (Å²) in [7, 11) is 0. The lowest BCUT2D eigenvalue weighted by molar-refractivity contribution is 1.38. The topological polar surface area (TPSA) is 12.0 Å². The van der Waals surface area contributed by atoms with E-state index in [0.29, 0.717) is 0 Å². The lowest BCUT2D eigenvalue weighted by Crippen LogP contribution is -2.03. The van der Waals surface area contributed by atoms with E-state index in [0.717, 1.165) is 22.5 Å². The Morgan fingerprint density at radius 2 is 1.44 bits per heavy atom. The number of benzene rings is 2. The van der Waals surface area contributed by atoms with Gasteiger partial charge < -0.3 is 5.32 Å². The molecule has 0 amide bonds. The van der Waals surface area contributed by atoms with Crippen LogP contribution >= 0.6 is 0 Å². The summed E-state index contributed by atoms with van der Waals surface area (Å²) in [6, 6.07) is 18.6. The van der Waals surface area contributed by atoms with Crippen molar-refractivity contribution in [2.24, 2.45) is 0 Å². The van der Waals surface area contributed by atoms with E-state index in [1.54, 1.807) is 12.2 Å². The van der Waals surface area contributed by atoms with Gasteiger partial charge in [-0.05, 0) is 40.5 Å². The zero-order valence-corrected chi connectivity index (χ0v) is 14.4. The predicted octanol–water partition coefficient (Wildman–Crippen LogP) is 6.69. The Bertz CT molecular complexity index is 818. The average Bonchev–Trinajstić information content (AvgIpc) is 2.66. The maximum Gasteiger partial charge on any atom is 0.0457 e. The average molecular weight is 325 g/mol. The third-order valence-corrected chi connectivity index (χ3v) is 3.70. The van der Waals surface area contributed by atoms with Gasteiger partial charge in [0.05, 0.1) is 0 Å². The van der Waals surface area contributed by atoms with E-state index in [9.17, 15) is 0 Å². The summed E-state index contributed by atoms with van der Waals surface area (Å²) in [6.45, 7) is 15.6. The summed E-state index contributed by atoms with van der Waals surface area (Å²) in [5.74, 6) is 0. The van der Waals surface area contributed by atoms with Crippen molar-refractivity contribution in [2.75, 3.05) is 5.32 Å². The number of nitrogens with one attached hydrogen (secondary N) is 1. The second-order valence-electron chi connectivity index (χ2n) is 5.48. The molecule has 0 fully saturated rings. The molecule has 124 valence electrons. The fourth-order valence-corrected chi connectivity index (χ4v) is 2.33. The van der Waals surface area contributed by atoms with Crippen LogP contribution in [-0.2, 0) is 0 Å². The van der Waals surface area contributed by atoms with E-state index in [1.807, 2.05) is 36.4 Å². The Labute approximate surface area is 150 Å². The highest BCUT2D eigenvalue weighted by Crippen LogP contribution is 2.24. The van der Waals surface area contributed by atoms with Gasteiger partial charge >= 0.3 is 0 Å². The third-order valence-electron chi connectivity index (χ3n) is 3.70. The Hall–Kier alpha value is -3.32. The second kappa shape index (κ2) is 9.09. The highest BCUT2D eigenvalue weighted by atomic mass is 14.9. The van der Waals surface area contributed by atoms with E-state index in [2.05, 4.69) is 68.0 Å².